The number of nitrogens with one attached hydrogen (secondary N) is 2. The van der Waals surface area contributed by atoms with Gasteiger partial charge >= 0.3 is 0 Å². The van der Waals surface area contributed by atoms with Crippen LogP contribution in [0.2, 0.25) is 0 Å². The van der Waals surface area contributed by atoms with Crippen molar-refractivity contribution in [3.8, 4) is 17.2 Å². The van der Waals surface area contributed by atoms with Gasteiger partial charge in [-0.15, -0.1) is 0 Å². The van der Waals surface area contributed by atoms with E-state index in [0.717, 1.165) is 56.6 Å². The number of pyridine rings is 1. The molecule has 2 aliphatic heterocycles. The molecule has 2 N–H and O–H groups in total. The van der Waals surface area contributed by atoms with Crippen molar-refractivity contribution < 1.29 is 14.3 Å². The summed E-state index contributed by atoms with van der Waals surface area (Å²) in [5.41, 5.74) is 8.17. The molecule has 2 aliphatic rings. The maximum Gasteiger partial charge on any atom is 0.231 e. The monoisotopic (exact) mass is 567 g/mol. The van der Waals surface area contributed by atoms with E-state index in [-0.39, 0.29) is 24.8 Å². The number of aromatic nitrogens is 2. The Kier molecular flexibility index (Phi) is 7.13. The summed E-state index contributed by atoms with van der Waals surface area (Å²) in [4.78, 5) is 19.9. The van der Waals surface area contributed by atoms with E-state index in [2.05, 4.69) is 45.0 Å². The first-order valence-electron chi connectivity index (χ1n) is 13.7. The van der Waals surface area contributed by atoms with E-state index in [1.54, 1.807) is 6.20 Å². The van der Waals surface area contributed by atoms with Crippen molar-refractivity contribution in [2.75, 3.05) is 18.7 Å². The van der Waals surface area contributed by atoms with Crippen LogP contribution < -0.4 is 20.1 Å². The van der Waals surface area contributed by atoms with E-state index in [4.69, 9.17) is 21.7 Å². The largest absolute Gasteiger partial charge is 0.454 e. The molecule has 6 rings (SSSR count). The third-order valence-electron chi connectivity index (χ3n) is 7.85. The highest BCUT2D eigenvalue weighted by Gasteiger charge is 2.41. The van der Waals surface area contributed by atoms with Crippen molar-refractivity contribution in [1.82, 2.24) is 19.8 Å². The molecule has 0 aliphatic carbocycles. The summed E-state index contributed by atoms with van der Waals surface area (Å²) in [6, 6.07) is 19.9. The predicted octanol–water partition coefficient (Wildman–Crippen LogP) is 5.84. The zero-order chi connectivity index (χ0) is 28.7. The average Bonchev–Trinajstić information content (AvgIpc) is 3.64. The van der Waals surface area contributed by atoms with Crippen LogP contribution in [0, 0.1) is 27.7 Å². The molecule has 1 amide bonds. The predicted molar refractivity (Wildman–Crippen MR) is 163 cm³/mol. The fraction of sp³-hybridized carbons (Fsp3) is 0.281. The van der Waals surface area contributed by atoms with Gasteiger partial charge in [-0.25, -0.2) is 0 Å². The van der Waals surface area contributed by atoms with Crippen molar-refractivity contribution in [1.29, 1.82) is 0 Å². The quantitative estimate of drug-likeness (QED) is 0.272. The number of benzene rings is 2. The topological polar surface area (TPSA) is 80.7 Å². The van der Waals surface area contributed by atoms with Gasteiger partial charge in [0.2, 0.25) is 12.7 Å². The van der Waals surface area contributed by atoms with Gasteiger partial charge in [-0.05, 0) is 93.0 Å². The lowest BCUT2D eigenvalue weighted by Gasteiger charge is -2.28. The van der Waals surface area contributed by atoms with E-state index in [1.807, 2.05) is 68.4 Å². The average molecular weight is 568 g/mol. The molecule has 41 heavy (non-hydrogen) atoms. The SMILES string of the molecule is Cc1ccc(C)c(NC(=O)CCN2C(=S)N[C@@H](c3ccccn3)[C@H]2c2cc(C)n(-c3ccc4c(c3)OCO4)c2C)c1. The molecule has 0 spiro atoms. The first kappa shape index (κ1) is 26.8. The summed E-state index contributed by atoms with van der Waals surface area (Å²) in [7, 11) is 0. The van der Waals surface area contributed by atoms with Gasteiger partial charge in [0.05, 0.1) is 17.8 Å². The van der Waals surface area contributed by atoms with Crippen LogP contribution in [0.25, 0.3) is 5.69 Å². The van der Waals surface area contributed by atoms with Crippen molar-refractivity contribution >= 4 is 28.9 Å². The van der Waals surface area contributed by atoms with Crippen molar-refractivity contribution in [2.24, 2.45) is 0 Å². The fourth-order valence-corrected chi connectivity index (χ4v) is 6.13. The maximum atomic E-state index is 13.1. The fourth-order valence-electron chi connectivity index (χ4n) is 5.80. The Labute approximate surface area is 245 Å². The minimum Gasteiger partial charge on any atom is -0.454 e. The summed E-state index contributed by atoms with van der Waals surface area (Å²) < 4.78 is 13.4. The van der Waals surface area contributed by atoms with Gasteiger partial charge in [0.1, 0.15) is 0 Å². The Morgan fingerprint density at radius 3 is 2.68 bits per heavy atom. The number of hydrogen-bond acceptors (Lipinski definition) is 5. The number of thiocarbonyl (C=S) groups is 1. The summed E-state index contributed by atoms with van der Waals surface area (Å²) in [5.74, 6) is 1.44. The molecule has 4 aromatic rings. The Bertz CT molecular complexity index is 1630. The normalized spacial score (nSPS) is 17.6. The molecule has 1 fully saturated rings. The molecule has 0 bridgehead atoms. The van der Waals surface area contributed by atoms with Gasteiger partial charge in [-0.2, -0.15) is 0 Å². The summed E-state index contributed by atoms with van der Waals surface area (Å²) >= 11 is 5.86. The van der Waals surface area contributed by atoms with E-state index >= 15 is 0 Å². The van der Waals surface area contributed by atoms with Crippen LogP contribution >= 0.6 is 12.2 Å². The molecule has 9 heteroatoms. The second-order valence-electron chi connectivity index (χ2n) is 10.6. The van der Waals surface area contributed by atoms with Crippen molar-refractivity contribution in [3.63, 3.8) is 0 Å². The Morgan fingerprint density at radius 2 is 1.88 bits per heavy atom. The minimum atomic E-state index is -0.170. The van der Waals surface area contributed by atoms with Crippen molar-refractivity contribution in [3.05, 3.63) is 101 Å². The second kappa shape index (κ2) is 10.9. The molecule has 2 aromatic heterocycles. The maximum absolute atomic E-state index is 13.1. The van der Waals surface area contributed by atoms with Gasteiger partial charge in [-0.3, -0.25) is 9.78 Å². The molecule has 210 valence electrons. The van der Waals surface area contributed by atoms with Gasteiger partial charge in [-0.1, -0.05) is 18.2 Å². The highest BCUT2D eigenvalue weighted by atomic mass is 32.1. The van der Waals surface area contributed by atoms with Crippen LogP contribution in [-0.4, -0.2) is 38.8 Å². The first-order valence-corrected chi connectivity index (χ1v) is 14.1. The number of hydrogen-bond donors (Lipinski definition) is 2. The highest BCUT2D eigenvalue weighted by molar-refractivity contribution is 7.80. The summed E-state index contributed by atoms with van der Waals surface area (Å²) in [6.07, 6.45) is 2.09. The van der Waals surface area contributed by atoms with Gasteiger partial charge in [0, 0.05) is 48.0 Å². The van der Waals surface area contributed by atoms with E-state index in [1.165, 1.54) is 0 Å². The highest BCUT2D eigenvalue weighted by Crippen LogP contribution is 2.42. The standard InChI is InChI=1S/C32H33N5O3S/c1-19-8-9-20(2)26(15-19)34-29(38)12-14-36-31(30(35-32(36)41)25-7-5-6-13-33-25)24-16-21(3)37(22(24)4)23-10-11-27-28(17-23)40-18-39-27/h5-11,13,15-17,30-31H,12,14,18H2,1-4H3,(H,34,38)(H,35,41)/t30-,31+/m0/s1. The van der Waals surface area contributed by atoms with Crippen LogP contribution in [0.4, 0.5) is 5.69 Å². The number of carbonyl (C=O) groups excluding carboxylic acids is 1. The third-order valence-corrected chi connectivity index (χ3v) is 8.20. The number of amides is 1. The second-order valence-corrected chi connectivity index (χ2v) is 11.0. The first-order chi connectivity index (χ1) is 19.8. The number of aryl methyl sites for hydroxylation is 3. The minimum absolute atomic E-state index is 0.0487. The molecule has 0 saturated carbocycles. The summed E-state index contributed by atoms with van der Waals surface area (Å²) in [5, 5.41) is 7.20. The Balaban J connectivity index is 1.32. The van der Waals surface area contributed by atoms with Gasteiger partial charge < -0.3 is 29.6 Å². The van der Waals surface area contributed by atoms with Crippen LogP contribution in [0.15, 0.2) is 66.9 Å². The molecule has 1 saturated heterocycles. The molecule has 0 radical (unpaired) electrons. The van der Waals surface area contributed by atoms with Crippen LogP contribution in [0.5, 0.6) is 11.5 Å². The van der Waals surface area contributed by atoms with E-state index in [9.17, 15) is 4.79 Å². The lowest BCUT2D eigenvalue weighted by Crippen LogP contribution is -2.33. The molecular weight excluding hydrogens is 534 g/mol. The number of fused-ring (bicyclic) bond motifs is 1. The Morgan fingerprint density at radius 1 is 1.05 bits per heavy atom. The number of ether oxygens (including phenoxy) is 2. The summed E-state index contributed by atoms with van der Waals surface area (Å²) in [6.45, 7) is 8.93. The van der Waals surface area contributed by atoms with E-state index < -0.39 is 0 Å². The lowest BCUT2D eigenvalue weighted by molar-refractivity contribution is -0.116. The molecule has 8 nitrogen and oxygen atoms in total. The van der Waals surface area contributed by atoms with Gasteiger partial charge in [0.25, 0.3) is 0 Å². The smallest absolute Gasteiger partial charge is 0.231 e. The van der Waals surface area contributed by atoms with Crippen LogP contribution in [0.3, 0.4) is 0 Å². The van der Waals surface area contributed by atoms with E-state index in [0.29, 0.717) is 18.1 Å². The molecule has 2 aromatic carbocycles. The zero-order valence-corrected chi connectivity index (χ0v) is 24.4. The van der Waals surface area contributed by atoms with Crippen LogP contribution in [-0.2, 0) is 4.79 Å². The Hall–Kier alpha value is -4.37. The number of rotatable bonds is 7. The third kappa shape index (κ3) is 5.13. The number of nitrogens with zero attached hydrogens (tertiary/aromatic N) is 3. The molecule has 2 atom stereocenters. The molecule has 0 unspecified atom stereocenters. The number of anilines is 1. The van der Waals surface area contributed by atoms with Crippen molar-refractivity contribution in [2.45, 2.75) is 46.2 Å². The molecular formula is C32H33N5O3S. The lowest BCUT2D eigenvalue weighted by atomic mass is 9.96. The van der Waals surface area contributed by atoms with Crippen LogP contribution in [0.1, 0.15) is 52.3 Å². The number of carbonyl (C=O) groups is 1. The molecule has 4 heterocycles. The van der Waals surface area contributed by atoms with Gasteiger partial charge in [0.15, 0.2) is 16.6 Å². The zero-order valence-electron chi connectivity index (χ0n) is 23.6.